The van der Waals surface area contributed by atoms with E-state index in [0.717, 1.165) is 26.1 Å². The van der Waals surface area contributed by atoms with Gasteiger partial charge < -0.3 is 0 Å². The molecule has 1 saturated heterocycles. The van der Waals surface area contributed by atoms with Crippen molar-refractivity contribution >= 4 is 11.6 Å². The molecule has 174 valence electrons. The highest BCUT2D eigenvalue weighted by atomic mass is 19.1. The van der Waals surface area contributed by atoms with Gasteiger partial charge in [0, 0.05) is 43.9 Å². The lowest BCUT2D eigenvalue weighted by Gasteiger charge is -2.44. The van der Waals surface area contributed by atoms with Crippen molar-refractivity contribution in [3.63, 3.8) is 0 Å². The van der Waals surface area contributed by atoms with Crippen LogP contribution in [0.3, 0.4) is 0 Å². The summed E-state index contributed by atoms with van der Waals surface area (Å²) in [5.74, 6) is -0.925. The molecule has 3 aromatic rings. The Balaban J connectivity index is 1.49. The van der Waals surface area contributed by atoms with E-state index < -0.39 is 11.4 Å². The highest BCUT2D eigenvalue weighted by Crippen LogP contribution is 2.43. The van der Waals surface area contributed by atoms with E-state index in [-0.39, 0.29) is 11.6 Å². The van der Waals surface area contributed by atoms with Gasteiger partial charge >= 0.3 is 0 Å². The second-order valence-corrected chi connectivity index (χ2v) is 9.32. The average Bonchev–Trinajstić information content (AvgIpc) is 3.07. The molecular weight excluding hydrogens is 427 g/mol. The first-order valence-electron chi connectivity index (χ1n) is 12.0. The second kappa shape index (κ2) is 8.90. The van der Waals surface area contributed by atoms with Crippen LogP contribution in [0.25, 0.3) is 0 Å². The summed E-state index contributed by atoms with van der Waals surface area (Å²) in [6.45, 7) is 7.35. The molecular formula is C29H29FN2O2. The molecule has 0 N–H and O–H groups in total. The van der Waals surface area contributed by atoms with Crippen LogP contribution in [-0.2, 0) is 18.5 Å². The standard InChI is InChI=1S/C29H29FN2O2/c1-3-21-8-4-5-9-22(21)19-31-12-14-32(15-13-31)29(23-16-20(2)17-24(30)18-23)27(33)25-10-6-7-11-26(25)28(29)34/h4-11,16-18H,3,12-15,19H2,1-2H3. The predicted octanol–water partition coefficient (Wildman–Crippen LogP) is 4.79. The van der Waals surface area contributed by atoms with Crippen LogP contribution >= 0.6 is 0 Å². The van der Waals surface area contributed by atoms with Gasteiger partial charge in [-0.2, -0.15) is 0 Å². The van der Waals surface area contributed by atoms with Gasteiger partial charge in [-0.3, -0.25) is 19.4 Å². The quantitative estimate of drug-likeness (QED) is 0.518. The summed E-state index contributed by atoms with van der Waals surface area (Å²) in [7, 11) is 0. The molecule has 0 amide bonds. The van der Waals surface area contributed by atoms with Crippen LogP contribution < -0.4 is 0 Å². The predicted molar refractivity (Wildman–Crippen MR) is 131 cm³/mol. The van der Waals surface area contributed by atoms with Crippen LogP contribution in [0.5, 0.6) is 0 Å². The Bertz CT molecular complexity index is 1210. The van der Waals surface area contributed by atoms with Gasteiger partial charge in [-0.1, -0.05) is 61.5 Å². The molecule has 1 aliphatic carbocycles. The molecule has 34 heavy (non-hydrogen) atoms. The monoisotopic (exact) mass is 456 g/mol. The van der Waals surface area contributed by atoms with Crippen molar-refractivity contribution in [1.82, 2.24) is 9.80 Å². The van der Waals surface area contributed by atoms with E-state index in [1.54, 1.807) is 37.3 Å². The third kappa shape index (κ3) is 3.60. The highest BCUT2D eigenvalue weighted by molar-refractivity contribution is 6.32. The SMILES string of the molecule is CCc1ccccc1CN1CCN(C2(c3cc(C)cc(F)c3)C(=O)c3ccccc3C2=O)CC1. The lowest BCUT2D eigenvalue weighted by Crippen LogP contribution is -2.60. The van der Waals surface area contributed by atoms with E-state index in [1.807, 2.05) is 4.90 Å². The number of piperazine rings is 1. The van der Waals surface area contributed by atoms with Crippen molar-refractivity contribution < 1.29 is 14.0 Å². The van der Waals surface area contributed by atoms with Gasteiger partial charge in [-0.15, -0.1) is 0 Å². The maximum atomic E-state index is 14.5. The molecule has 0 unspecified atom stereocenters. The summed E-state index contributed by atoms with van der Waals surface area (Å²) >= 11 is 0. The van der Waals surface area contributed by atoms with Crippen molar-refractivity contribution in [2.24, 2.45) is 0 Å². The lowest BCUT2D eigenvalue weighted by atomic mass is 9.81. The summed E-state index contributed by atoms with van der Waals surface area (Å²) in [4.78, 5) is 32.2. The fraction of sp³-hybridized carbons (Fsp3) is 0.310. The van der Waals surface area contributed by atoms with Crippen LogP contribution in [0, 0.1) is 12.7 Å². The van der Waals surface area contributed by atoms with Gasteiger partial charge in [-0.25, -0.2) is 4.39 Å². The topological polar surface area (TPSA) is 40.6 Å². The molecule has 1 aliphatic heterocycles. The Hall–Kier alpha value is -3.15. The summed E-state index contributed by atoms with van der Waals surface area (Å²) < 4.78 is 14.5. The van der Waals surface area contributed by atoms with Gasteiger partial charge in [0.1, 0.15) is 5.82 Å². The minimum atomic E-state index is -1.51. The van der Waals surface area contributed by atoms with Crippen LogP contribution in [0.1, 0.15) is 49.9 Å². The van der Waals surface area contributed by atoms with E-state index in [9.17, 15) is 14.0 Å². The number of hydrogen-bond acceptors (Lipinski definition) is 4. The van der Waals surface area contributed by atoms with Gasteiger partial charge in [0.15, 0.2) is 17.1 Å². The Morgan fingerprint density at radius 3 is 2.00 bits per heavy atom. The summed E-state index contributed by atoms with van der Waals surface area (Å²) in [5.41, 5.74) is 3.12. The number of ketones is 2. The molecule has 0 saturated carbocycles. The van der Waals surface area contributed by atoms with Crippen molar-refractivity contribution in [3.8, 4) is 0 Å². The normalized spacial score (nSPS) is 18.3. The number of fused-ring (bicyclic) bond motifs is 1. The third-order valence-corrected chi connectivity index (χ3v) is 7.27. The molecule has 0 radical (unpaired) electrons. The van der Waals surface area contributed by atoms with Crippen molar-refractivity contribution in [3.05, 3.63) is 106 Å². The molecule has 5 rings (SSSR count). The van der Waals surface area contributed by atoms with E-state index in [0.29, 0.717) is 35.3 Å². The fourth-order valence-electron chi connectivity index (χ4n) is 5.59. The molecule has 2 aliphatic rings. The molecule has 1 heterocycles. The first-order chi connectivity index (χ1) is 16.4. The maximum Gasteiger partial charge on any atom is 0.196 e. The minimum absolute atomic E-state index is 0.247. The Morgan fingerprint density at radius 1 is 0.824 bits per heavy atom. The molecule has 5 heteroatoms. The molecule has 0 spiro atoms. The highest BCUT2D eigenvalue weighted by Gasteiger charge is 2.58. The van der Waals surface area contributed by atoms with Crippen molar-refractivity contribution in [2.45, 2.75) is 32.4 Å². The number of nitrogens with zero attached hydrogens (tertiary/aromatic N) is 2. The Kier molecular flexibility index (Phi) is 5.92. The van der Waals surface area contributed by atoms with E-state index in [4.69, 9.17) is 0 Å². The number of rotatable bonds is 5. The van der Waals surface area contributed by atoms with Crippen LogP contribution in [0.2, 0.25) is 0 Å². The number of carbonyl (C=O) groups is 2. The molecule has 0 bridgehead atoms. The zero-order valence-corrected chi connectivity index (χ0v) is 19.7. The summed E-state index contributed by atoms with van der Waals surface area (Å²) in [6, 6.07) is 20.0. The molecule has 3 aromatic carbocycles. The summed E-state index contributed by atoms with van der Waals surface area (Å²) in [5, 5.41) is 0. The zero-order chi connectivity index (χ0) is 23.9. The molecule has 4 nitrogen and oxygen atoms in total. The van der Waals surface area contributed by atoms with Gasteiger partial charge in [0.05, 0.1) is 0 Å². The van der Waals surface area contributed by atoms with Crippen LogP contribution in [0.15, 0.2) is 66.7 Å². The molecule has 1 fully saturated rings. The largest absolute Gasteiger partial charge is 0.297 e. The number of carbonyl (C=O) groups excluding carboxylic acids is 2. The number of hydrogen-bond donors (Lipinski definition) is 0. The lowest BCUT2D eigenvalue weighted by molar-refractivity contribution is 0.0278. The summed E-state index contributed by atoms with van der Waals surface area (Å²) in [6.07, 6.45) is 0.986. The number of Topliss-reactive ketones (excluding diaryl/α,β-unsaturated/α-hetero) is 2. The maximum absolute atomic E-state index is 14.5. The van der Waals surface area contributed by atoms with Gasteiger partial charge in [-0.05, 0) is 47.7 Å². The molecule has 0 atom stereocenters. The first-order valence-corrected chi connectivity index (χ1v) is 12.0. The third-order valence-electron chi connectivity index (χ3n) is 7.27. The van der Waals surface area contributed by atoms with Gasteiger partial charge in [0.2, 0.25) is 0 Å². The second-order valence-electron chi connectivity index (χ2n) is 9.32. The smallest absolute Gasteiger partial charge is 0.196 e. The average molecular weight is 457 g/mol. The van der Waals surface area contributed by atoms with E-state index in [2.05, 4.69) is 36.1 Å². The van der Waals surface area contributed by atoms with E-state index >= 15 is 0 Å². The van der Waals surface area contributed by atoms with Crippen molar-refractivity contribution in [2.75, 3.05) is 26.2 Å². The van der Waals surface area contributed by atoms with Crippen LogP contribution in [-0.4, -0.2) is 47.5 Å². The van der Waals surface area contributed by atoms with Crippen molar-refractivity contribution in [1.29, 1.82) is 0 Å². The fourth-order valence-corrected chi connectivity index (χ4v) is 5.59. The number of halogens is 1. The first kappa shape index (κ1) is 22.6. The number of benzene rings is 3. The Labute approximate surface area is 200 Å². The van der Waals surface area contributed by atoms with E-state index in [1.165, 1.54) is 23.3 Å². The van der Waals surface area contributed by atoms with Gasteiger partial charge in [0.25, 0.3) is 0 Å². The van der Waals surface area contributed by atoms with Crippen LogP contribution in [0.4, 0.5) is 4.39 Å². The zero-order valence-electron chi connectivity index (χ0n) is 19.7. The Morgan fingerprint density at radius 2 is 1.41 bits per heavy atom. The molecule has 0 aromatic heterocycles. The number of aryl methyl sites for hydroxylation is 2. The minimum Gasteiger partial charge on any atom is -0.297 e.